The summed E-state index contributed by atoms with van der Waals surface area (Å²) in [5.74, 6) is -1.67. The number of esters is 1. The monoisotopic (exact) mass is 298 g/mol. The second-order valence-electron chi connectivity index (χ2n) is 4.94. The molecular formula is C15H16F2O4. The van der Waals surface area contributed by atoms with Gasteiger partial charge in [-0.25, -0.2) is 8.78 Å². The number of rotatable bonds is 5. The van der Waals surface area contributed by atoms with E-state index >= 15 is 0 Å². The molecule has 1 aromatic carbocycles. The van der Waals surface area contributed by atoms with E-state index in [2.05, 4.69) is 0 Å². The minimum absolute atomic E-state index is 0.0141. The molecule has 0 spiro atoms. The molecule has 0 aromatic heterocycles. The van der Waals surface area contributed by atoms with E-state index in [0.29, 0.717) is 17.7 Å². The Morgan fingerprint density at radius 1 is 1.43 bits per heavy atom. The first kappa shape index (κ1) is 15.4. The van der Waals surface area contributed by atoms with Crippen molar-refractivity contribution in [2.75, 3.05) is 13.7 Å². The Labute approximate surface area is 121 Å². The predicted octanol–water partition coefficient (Wildman–Crippen LogP) is 2.64. The van der Waals surface area contributed by atoms with Crippen molar-refractivity contribution in [1.29, 1.82) is 0 Å². The summed E-state index contributed by atoms with van der Waals surface area (Å²) >= 11 is 0. The second kappa shape index (κ2) is 5.79. The zero-order valence-corrected chi connectivity index (χ0v) is 11.8. The van der Waals surface area contributed by atoms with E-state index in [4.69, 9.17) is 9.47 Å². The van der Waals surface area contributed by atoms with Crippen molar-refractivity contribution in [3.05, 3.63) is 29.3 Å². The van der Waals surface area contributed by atoms with Gasteiger partial charge in [0.1, 0.15) is 5.75 Å². The van der Waals surface area contributed by atoms with Crippen molar-refractivity contribution >= 4 is 11.8 Å². The largest absolute Gasteiger partial charge is 0.497 e. The van der Waals surface area contributed by atoms with Gasteiger partial charge < -0.3 is 9.47 Å². The molecule has 0 radical (unpaired) electrons. The molecule has 0 amide bonds. The molecule has 114 valence electrons. The minimum Gasteiger partial charge on any atom is -0.497 e. The van der Waals surface area contributed by atoms with Crippen molar-refractivity contribution in [3.63, 3.8) is 0 Å². The highest BCUT2D eigenvalue weighted by atomic mass is 19.3. The Hall–Kier alpha value is -1.98. The summed E-state index contributed by atoms with van der Waals surface area (Å²) in [4.78, 5) is 24.4. The summed E-state index contributed by atoms with van der Waals surface area (Å²) in [5.41, 5.74) is -1.92. The molecule has 6 heteroatoms. The molecule has 1 unspecified atom stereocenters. The van der Waals surface area contributed by atoms with Crippen LogP contribution in [0.5, 0.6) is 5.75 Å². The Bertz CT molecular complexity index is 571. The zero-order valence-electron chi connectivity index (χ0n) is 11.8. The molecule has 1 aliphatic rings. The fraction of sp³-hybridized carbons (Fsp3) is 0.467. The van der Waals surface area contributed by atoms with Crippen LogP contribution >= 0.6 is 0 Å². The first-order chi connectivity index (χ1) is 9.97. The molecule has 2 rings (SSSR count). The van der Waals surface area contributed by atoms with Gasteiger partial charge in [0, 0.05) is 12.0 Å². The van der Waals surface area contributed by atoms with Gasteiger partial charge in [0.15, 0.2) is 11.2 Å². The van der Waals surface area contributed by atoms with Gasteiger partial charge in [-0.2, -0.15) is 0 Å². The van der Waals surface area contributed by atoms with E-state index in [0.717, 1.165) is 0 Å². The van der Waals surface area contributed by atoms with E-state index < -0.39 is 23.6 Å². The number of carbonyl (C=O) groups is 2. The van der Waals surface area contributed by atoms with E-state index in [9.17, 15) is 18.4 Å². The number of hydrogen-bond donors (Lipinski definition) is 0. The zero-order chi connectivity index (χ0) is 15.6. The normalized spacial score (nSPS) is 20.5. The summed E-state index contributed by atoms with van der Waals surface area (Å²) in [6, 6.07) is 4.49. The van der Waals surface area contributed by atoms with Crippen LogP contribution in [0.4, 0.5) is 8.78 Å². The van der Waals surface area contributed by atoms with Crippen LogP contribution in [0.2, 0.25) is 0 Å². The number of benzene rings is 1. The fourth-order valence-corrected chi connectivity index (χ4v) is 2.42. The first-order valence-corrected chi connectivity index (χ1v) is 6.64. The molecular weight excluding hydrogens is 282 g/mol. The summed E-state index contributed by atoms with van der Waals surface area (Å²) in [5, 5.41) is 0. The van der Waals surface area contributed by atoms with E-state index in [1.165, 1.54) is 19.2 Å². The standard InChI is InChI=1S/C15H16F2O4/c1-3-6-21-14(19)15(13(16)17)8-9-4-5-10(20-2)7-11(9)12(15)18/h4-5,7,13H,3,6,8H2,1-2H3. The molecule has 0 heterocycles. The molecule has 1 aromatic rings. The molecule has 0 aliphatic heterocycles. The molecule has 0 bridgehead atoms. The van der Waals surface area contributed by atoms with Gasteiger partial charge in [-0.15, -0.1) is 0 Å². The molecule has 0 saturated carbocycles. The lowest BCUT2D eigenvalue weighted by Gasteiger charge is -2.23. The highest BCUT2D eigenvalue weighted by molar-refractivity contribution is 6.16. The Morgan fingerprint density at radius 2 is 2.14 bits per heavy atom. The third-order valence-corrected chi connectivity index (χ3v) is 3.61. The Kier molecular flexibility index (Phi) is 4.25. The van der Waals surface area contributed by atoms with E-state index in [1.807, 2.05) is 0 Å². The van der Waals surface area contributed by atoms with Crippen molar-refractivity contribution < 1.29 is 27.8 Å². The maximum atomic E-state index is 13.5. The van der Waals surface area contributed by atoms with Crippen LogP contribution in [0.1, 0.15) is 29.3 Å². The van der Waals surface area contributed by atoms with Gasteiger partial charge in [-0.1, -0.05) is 13.0 Å². The lowest BCUT2D eigenvalue weighted by atomic mass is 9.84. The number of halogens is 2. The second-order valence-corrected chi connectivity index (χ2v) is 4.94. The summed E-state index contributed by atoms with van der Waals surface area (Å²) in [6.45, 7) is 1.76. The predicted molar refractivity (Wildman–Crippen MR) is 70.7 cm³/mol. The molecule has 0 saturated heterocycles. The molecule has 1 aliphatic carbocycles. The van der Waals surface area contributed by atoms with Crippen molar-refractivity contribution in [2.24, 2.45) is 5.41 Å². The van der Waals surface area contributed by atoms with Gasteiger partial charge >= 0.3 is 5.97 Å². The number of methoxy groups -OCH3 is 1. The highest BCUT2D eigenvalue weighted by Gasteiger charge is 2.59. The maximum Gasteiger partial charge on any atom is 0.326 e. The van der Waals surface area contributed by atoms with Crippen LogP contribution in [0.25, 0.3) is 0 Å². The van der Waals surface area contributed by atoms with Crippen molar-refractivity contribution in [2.45, 2.75) is 26.2 Å². The lowest BCUT2D eigenvalue weighted by molar-refractivity contribution is -0.160. The van der Waals surface area contributed by atoms with E-state index in [-0.39, 0.29) is 18.6 Å². The number of Topliss-reactive ketones (excluding diaryl/α,β-unsaturated/α-hetero) is 1. The molecule has 21 heavy (non-hydrogen) atoms. The number of carbonyl (C=O) groups excluding carboxylic acids is 2. The van der Waals surface area contributed by atoms with Crippen LogP contribution in [0.15, 0.2) is 18.2 Å². The molecule has 1 atom stereocenters. The van der Waals surface area contributed by atoms with E-state index in [1.54, 1.807) is 13.0 Å². The third kappa shape index (κ3) is 2.39. The van der Waals surface area contributed by atoms with Gasteiger partial charge in [-0.05, 0) is 24.1 Å². The number of fused-ring (bicyclic) bond motifs is 1. The quantitative estimate of drug-likeness (QED) is 0.619. The maximum absolute atomic E-state index is 13.5. The SMILES string of the molecule is CCCOC(=O)C1(C(F)F)Cc2ccc(OC)cc2C1=O. The van der Waals surface area contributed by atoms with Crippen LogP contribution in [0.3, 0.4) is 0 Å². The van der Waals surface area contributed by atoms with Crippen molar-refractivity contribution in [1.82, 2.24) is 0 Å². The van der Waals surface area contributed by atoms with Crippen LogP contribution in [0, 0.1) is 5.41 Å². The Balaban J connectivity index is 2.42. The fourth-order valence-electron chi connectivity index (χ4n) is 2.42. The lowest BCUT2D eigenvalue weighted by Crippen LogP contribution is -2.45. The van der Waals surface area contributed by atoms with Crippen molar-refractivity contribution in [3.8, 4) is 5.75 Å². The summed E-state index contributed by atoms with van der Waals surface area (Å²) in [6.07, 6.45) is -2.96. The van der Waals surface area contributed by atoms with Gasteiger partial charge in [0.05, 0.1) is 13.7 Å². The first-order valence-electron chi connectivity index (χ1n) is 6.64. The number of ketones is 1. The molecule has 0 fully saturated rings. The van der Waals surface area contributed by atoms with Gasteiger partial charge in [0.2, 0.25) is 0 Å². The Morgan fingerprint density at radius 3 is 2.71 bits per heavy atom. The number of ether oxygens (including phenoxy) is 2. The smallest absolute Gasteiger partial charge is 0.326 e. The average molecular weight is 298 g/mol. The topological polar surface area (TPSA) is 52.6 Å². The molecule has 4 nitrogen and oxygen atoms in total. The number of alkyl halides is 2. The van der Waals surface area contributed by atoms with Crippen LogP contribution < -0.4 is 4.74 Å². The highest BCUT2D eigenvalue weighted by Crippen LogP contribution is 2.43. The average Bonchev–Trinajstić information content (AvgIpc) is 2.78. The summed E-state index contributed by atoms with van der Waals surface area (Å²) < 4.78 is 36.8. The molecule has 0 N–H and O–H groups in total. The summed E-state index contributed by atoms with van der Waals surface area (Å²) in [7, 11) is 1.41. The number of hydrogen-bond acceptors (Lipinski definition) is 4. The van der Waals surface area contributed by atoms with Gasteiger partial charge in [0.25, 0.3) is 6.43 Å². The van der Waals surface area contributed by atoms with Crippen LogP contribution in [-0.2, 0) is 16.0 Å². The minimum atomic E-state index is -3.12. The third-order valence-electron chi connectivity index (χ3n) is 3.61. The van der Waals surface area contributed by atoms with Crippen LogP contribution in [-0.4, -0.2) is 31.9 Å². The van der Waals surface area contributed by atoms with Gasteiger partial charge in [-0.3, -0.25) is 9.59 Å².